The summed E-state index contributed by atoms with van der Waals surface area (Å²) < 4.78 is 6.29. The minimum absolute atomic E-state index is 0.0822. The lowest BCUT2D eigenvalue weighted by Gasteiger charge is -2.02. The van der Waals surface area contributed by atoms with Crippen LogP contribution >= 0.6 is 11.3 Å². The monoisotopic (exact) mass is 355 g/mol. The van der Waals surface area contributed by atoms with Gasteiger partial charge >= 0.3 is 5.97 Å². The minimum Gasteiger partial charge on any atom is -0.494 e. The number of para-hydroxylation sites is 1. The number of Topliss-reactive ketones (excluding diaryl/α,β-unsaturated/α-hetero) is 1. The van der Waals surface area contributed by atoms with Crippen LogP contribution in [0.5, 0.6) is 5.75 Å². The van der Waals surface area contributed by atoms with E-state index in [1.165, 1.54) is 11.3 Å². The Kier molecular flexibility index (Phi) is 5.09. The van der Waals surface area contributed by atoms with E-state index in [-0.39, 0.29) is 17.8 Å². The molecule has 25 heavy (non-hydrogen) atoms. The lowest BCUT2D eigenvalue weighted by atomic mass is 10.0. The van der Waals surface area contributed by atoms with Crippen LogP contribution in [0.1, 0.15) is 27.3 Å². The van der Waals surface area contributed by atoms with Crippen LogP contribution < -0.4 is 4.74 Å². The Morgan fingerprint density at radius 1 is 1.20 bits per heavy atom. The molecule has 0 unspecified atom stereocenters. The third-order valence-electron chi connectivity index (χ3n) is 3.86. The molecular weight excluding hydrogens is 338 g/mol. The van der Waals surface area contributed by atoms with Gasteiger partial charge in [0.05, 0.1) is 23.8 Å². The van der Waals surface area contributed by atoms with Gasteiger partial charge in [0.1, 0.15) is 22.1 Å². The van der Waals surface area contributed by atoms with Gasteiger partial charge in [-0.25, -0.2) is 9.78 Å². The molecule has 0 aliphatic rings. The number of carbonyl (C=O) groups is 2. The van der Waals surface area contributed by atoms with Crippen molar-refractivity contribution in [3.8, 4) is 5.75 Å². The lowest BCUT2D eigenvalue weighted by Crippen LogP contribution is -2.05. The summed E-state index contributed by atoms with van der Waals surface area (Å²) >= 11 is 1.49. The number of aromatic carboxylic acids is 1. The van der Waals surface area contributed by atoms with Gasteiger partial charge < -0.3 is 9.84 Å². The molecule has 0 spiro atoms. The van der Waals surface area contributed by atoms with Crippen LogP contribution in [0.15, 0.2) is 42.5 Å². The van der Waals surface area contributed by atoms with Crippen molar-refractivity contribution in [2.75, 3.05) is 7.11 Å². The molecule has 2 aromatic carbocycles. The molecule has 0 aliphatic heterocycles. The number of aromatic nitrogens is 1. The van der Waals surface area contributed by atoms with Crippen molar-refractivity contribution in [2.45, 2.75) is 19.3 Å². The van der Waals surface area contributed by atoms with E-state index in [1.807, 2.05) is 24.3 Å². The van der Waals surface area contributed by atoms with Crippen molar-refractivity contribution in [2.24, 2.45) is 0 Å². The van der Waals surface area contributed by atoms with Crippen molar-refractivity contribution < 1.29 is 19.4 Å². The number of carboxylic acid groups (broad SMARTS) is 1. The molecule has 0 bridgehead atoms. The van der Waals surface area contributed by atoms with E-state index >= 15 is 0 Å². The molecular formula is C19H17NO4S. The molecule has 1 N–H and O–H groups in total. The average Bonchev–Trinajstić information content (AvgIpc) is 3.02. The first-order chi connectivity index (χ1) is 12.1. The highest BCUT2D eigenvalue weighted by atomic mass is 32.1. The number of benzene rings is 2. The summed E-state index contributed by atoms with van der Waals surface area (Å²) in [5.41, 5.74) is 1.87. The van der Waals surface area contributed by atoms with Gasteiger partial charge in [-0.05, 0) is 36.2 Å². The number of ether oxygens (including phenoxy) is 1. The van der Waals surface area contributed by atoms with Crippen LogP contribution in [0.25, 0.3) is 10.2 Å². The number of fused-ring (bicyclic) bond motifs is 1. The van der Waals surface area contributed by atoms with Gasteiger partial charge in [-0.1, -0.05) is 18.2 Å². The zero-order valence-corrected chi connectivity index (χ0v) is 14.5. The molecule has 0 aliphatic carbocycles. The maximum Gasteiger partial charge on any atom is 0.335 e. The SMILES string of the molecule is COc1cccc2sc(CC(=O)CCc3cccc(C(=O)O)c3)nc12. The second kappa shape index (κ2) is 7.44. The van der Waals surface area contributed by atoms with Crippen LogP contribution in [0, 0.1) is 0 Å². The van der Waals surface area contributed by atoms with Gasteiger partial charge in [0, 0.05) is 6.42 Å². The lowest BCUT2D eigenvalue weighted by molar-refractivity contribution is -0.118. The molecule has 3 rings (SSSR count). The molecule has 6 heteroatoms. The molecule has 0 saturated carbocycles. The molecule has 0 fully saturated rings. The van der Waals surface area contributed by atoms with Gasteiger partial charge in [0.25, 0.3) is 0 Å². The highest BCUT2D eigenvalue weighted by molar-refractivity contribution is 7.18. The third-order valence-corrected chi connectivity index (χ3v) is 4.88. The third kappa shape index (κ3) is 4.03. The molecule has 0 atom stereocenters. The quantitative estimate of drug-likeness (QED) is 0.698. The normalized spacial score (nSPS) is 10.8. The molecule has 1 heterocycles. The van der Waals surface area contributed by atoms with Crippen molar-refractivity contribution in [1.29, 1.82) is 0 Å². The molecule has 0 amide bonds. The fraction of sp³-hybridized carbons (Fsp3) is 0.211. The first-order valence-corrected chi connectivity index (χ1v) is 8.65. The van der Waals surface area contributed by atoms with Gasteiger partial charge in [0.15, 0.2) is 0 Å². The predicted octanol–water partition coefficient (Wildman–Crippen LogP) is 3.75. The van der Waals surface area contributed by atoms with Crippen LogP contribution in [0.2, 0.25) is 0 Å². The number of ketones is 1. The Balaban J connectivity index is 1.65. The van der Waals surface area contributed by atoms with Crippen LogP contribution in [-0.4, -0.2) is 29.0 Å². The summed E-state index contributed by atoms with van der Waals surface area (Å²) in [6.07, 6.45) is 1.16. The van der Waals surface area contributed by atoms with E-state index in [4.69, 9.17) is 9.84 Å². The number of carbonyl (C=O) groups excluding carboxylic acids is 1. The highest BCUT2D eigenvalue weighted by Gasteiger charge is 2.12. The average molecular weight is 355 g/mol. The predicted molar refractivity (Wildman–Crippen MR) is 96.6 cm³/mol. The van der Waals surface area contributed by atoms with Crippen LogP contribution in [0.3, 0.4) is 0 Å². The first kappa shape index (κ1) is 17.1. The summed E-state index contributed by atoms with van der Waals surface area (Å²) in [5.74, 6) is -0.173. The molecule has 5 nitrogen and oxygen atoms in total. The molecule has 0 radical (unpaired) electrons. The topological polar surface area (TPSA) is 76.5 Å². The van der Waals surface area contributed by atoms with Crippen molar-refractivity contribution in [1.82, 2.24) is 4.98 Å². The van der Waals surface area contributed by atoms with Gasteiger partial charge in [-0.3, -0.25) is 4.79 Å². The van der Waals surface area contributed by atoms with E-state index in [1.54, 1.807) is 25.3 Å². The second-order valence-electron chi connectivity index (χ2n) is 5.64. The molecule has 128 valence electrons. The van der Waals surface area contributed by atoms with Crippen LogP contribution in [-0.2, 0) is 17.6 Å². The highest BCUT2D eigenvalue weighted by Crippen LogP contribution is 2.29. The summed E-state index contributed by atoms with van der Waals surface area (Å²) in [6, 6.07) is 12.4. The number of thiazole rings is 1. The van der Waals surface area contributed by atoms with Gasteiger partial charge in [-0.15, -0.1) is 11.3 Å². The van der Waals surface area contributed by atoms with Gasteiger partial charge in [-0.2, -0.15) is 0 Å². The zero-order valence-electron chi connectivity index (χ0n) is 13.7. The van der Waals surface area contributed by atoms with E-state index in [0.717, 1.165) is 20.8 Å². The summed E-state index contributed by atoms with van der Waals surface area (Å²) in [7, 11) is 1.60. The minimum atomic E-state index is -0.961. The van der Waals surface area contributed by atoms with E-state index in [9.17, 15) is 9.59 Å². The molecule has 1 aromatic heterocycles. The Labute approximate surface area is 148 Å². The van der Waals surface area contributed by atoms with E-state index < -0.39 is 5.97 Å². The second-order valence-corrected chi connectivity index (χ2v) is 6.75. The molecule has 0 saturated heterocycles. The smallest absolute Gasteiger partial charge is 0.335 e. The fourth-order valence-corrected chi connectivity index (χ4v) is 3.62. The number of hydrogen-bond acceptors (Lipinski definition) is 5. The largest absolute Gasteiger partial charge is 0.494 e. The van der Waals surface area contributed by atoms with Crippen molar-refractivity contribution >= 4 is 33.3 Å². The maximum absolute atomic E-state index is 12.3. The van der Waals surface area contributed by atoms with Gasteiger partial charge in [0.2, 0.25) is 0 Å². The Hall–Kier alpha value is -2.73. The zero-order chi connectivity index (χ0) is 17.8. The fourth-order valence-electron chi connectivity index (χ4n) is 2.61. The van der Waals surface area contributed by atoms with E-state index in [0.29, 0.717) is 18.6 Å². The number of methoxy groups -OCH3 is 1. The summed E-state index contributed by atoms with van der Waals surface area (Å²) in [4.78, 5) is 27.8. The Morgan fingerprint density at radius 3 is 2.76 bits per heavy atom. The maximum atomic E-state index is 12.3. The standard InChI is InChI=1S/C19H17NO4S/c1-24-15-6-3-7-16-18(15)20-17(25-16)11-14(21)9-8-12-4-2-5-13(10-12)19(22)23/h2-7,10H,8-9,11H2,1H3,(H,22,23). The Morgan fingerprint density at radius 2 is 2.00 bits per heavy atom. The van der Waals surface area contributed by atoms with E-state index in [2.05, 4.69) is 4.98 Å². The number of hydrogen-bond donors (Lipinski definition) is 1. The number of nitrogens with zero attached hydrogens (tertiary/aromatic N) is 1. The van der Waals surface area contributed by atoms with Crippen molar-refractivity contribution in [3.63, 3.8) is 0 Å². The number of rotatable bonds is 7. The summed E-state index contributed by atoms with van der Waals surface area (Å²) in [5, 5.41) is 9.78. The first-order valence-electron chi connectivity index (χ1n) is 7.83. The molecule has 3 aromatic rings. The van der Waals surface area contributed by atoms with Crippen LogP contribution in [0.4, 0.5) is 0 Å². The number of aryl methyl sites for hydroxylation is 1. The summed E-state index contributed by atoms with van der Waals surface area (Å²) in [6.45, 7) is 0. The Bertz CT molecular complexity index is 932. The van der Waals surface area contributed by atoms with Crippen molar-refractivity contribution in [3.05, 3.63) is 58.6 Å². The number of carboxylic acids is 1.